The van der Waals surface area contributed by atoms with Crippen molar-refractivity contribution < 1.29 is 4.79 Å². The maximum absolute atomic E-state index is 11.0. The van der Waals surface area contributed by atoms with Gasteiger partial charge < -0.3 is 5.73 Å². The molecule has 0 saturated heterocycles. The summed E-state index contributed by atoms with van der Waals surface area (Å²) in [4.78, 5) is 11.0. The number of anilines is 1. The molecule has 1 aromatic rings. The molecule has 0 aliphatic carbocycles. The summed E-state index contributed by atoms with van der Waals surface area (Å²) in [6.07, 6.45) is 0. The first-order valence-electron chi connectivity index (χ1n) is 3.21. The number of nitrogens with two attached hydrogens (primary N) is 2. The molecule has 0 aliphatic heterocycles. The van der Waals surface area contributed by atoms with Crippen LogP contribution in [0.1, 0.15) is 10.4 Å². The van der Waals surface area contributed by atoms with Gasteiger partial charge in [0.2, 0.25) is 0 Å². The van der Waals surface area contributed by atoms with Crippen molar-refractivity contribution in [1.29, 1.82) is 0 Å². The normalized spacial score (nSPS) is 9.50. The molecule has 0 atom stereocenters. The van der Waals surface area contributed by atoms with Gasteiger partial charge in [-0.15, -0.1) is 0 Å². The maximum atomic E-state index is 11.0. The van der Waals surface area contributed by atoms with E-state index in [1.807, 2.05) is 5.43 Å². The molecule has 1 amide bonds. The van der Waals surface area contributed by atoms with E-state index in [2.05, 4.69) is 0 Å². The zero-order valence-corrected chi connectivity index (χ0v) is 6.93. The van der Waals surface area contributed by atoms with Crippen LogP contribution in [0.5, 0.6) is 0 Å². The third-order valence-electron chi connectivity index (χ3n) is 1.37. The molecule has 0 fully saturated rings. The van der Waals surface area contributed by atoms with Crippen molar-refractivity contribution in [3.05, 3.63) is 28.8 Å². The van der Waals surface area contributed by atoms with Gasteiger partial charge in [-0.1, -0.05) is 11.6 Å². The van der Waals surface area contributed by atoms with Gasteiger partial charge in [-0.2, -0.15) is 0 Å². The largest absolute Gasteiger partial charge is 0.399 e. The average molecular weight is 186 g/mol. The lowest BCUT2D eigenvalue weighted by molar-refractivity contribution is 0.0954. The van der Waals surface area contributed by atoms with E-state index in [1.165, 1.54) is 12.1 Å². The minimum atomic E-state index is -0.431. The summed E-state index contributed by atoms with van der Waals surface area (Å²) in [5.74, 6) is 4.49. The summed E-state index contributed by atoms with van der Waals surface area (Å²) >= 11 is 5.71. The van der Waals surface area contributed by atoms with E-state index in [-0.39, 0.29) is 5.02 Å². The zero-order chi connectivity index (χ0) is 9.14. The molecule has 0 aromatic heterocycles. The van der Waals surface area contributed by atoms with Crippen LogP contribution in [0.25, 0.3) is 0 Å². The molecule has 12 heavy (non-hydrogen) atoms. The fourth-order valence-electron chi connectivity index (χ4n) is 0.793. The van der Waals surface area contributed by atoms with Gasteiger partial charge in [0.1, 0.15) is 0 Å². The number of rotatable bonds is 1. The van der Waals surface area contributed by atoms with Gasteiger partial charge in [0.25, 0.3) is 5.91 Å². The highest BCUT2D eigenvalue weighted by molar-refractivity contribution is 6.34. The molecule has 0 heterocycles. The Hall–Kier alpha value is -1.26. The Morgan fingerprint density at radius 1 is 1.50 bits per heavy atom. The summed E-state index contributed by atoms with van der Waals surface area (Å²) < 4.78 is 0. The molecule has 0 aliphatic rings. The lowest BCUT2D eigenvalue weighted by atomic mass is 10.2. The number of hydrogen-bond donors (Lipinski definition) is 3. The van der Waals surface area contributed by atoms with Gasteiger partial charge in [-0.3, -0.25) is 10.2 Å². The summed E-state index contributed by atoms with van der Waals surface area (Å²) in [6, 6.07) is 4.59. The Kier molecular flexibility index (Phi) is 2.52. The van der Waals surface area contributed by atoms with Crippen molar-refractivity contribution in [2.75, 3.05) is 5.73 Å². The zero-order valence-electron chi connectivity index (χ0n) is 6.17. The van der Waals surface area contributed by atoms with E-state index >= 15 is 0 Å². The van der Waals surface area contributed by atoms with Crippen LogP contribution >= 0.6 is 11.6 Å². The average Bonchev–Trinajstić information content (AvgIpc) is 2.03. The van der Waals surface area contributed by atoms with Gasteiger partial charge in [-0.05, 0) is 18.2 Å². The van der Waals surface area contributed by atoms with Crippen LogP contribution in [-0.4, -0.2) is 5.91 Å². The summed E-state index contributed by atoms with van der Waals surface area (Å²) in [5.41, 5.74) is 8.22. The van der Waals surface area contributed by atoms with Gasteiger partial charge >= 0.3 is 0 Å². The molecular weight excluding hydrogens is 178 g/mol. The van der Waals surface area contributed by atoms with Crippen molar-refractivity contribution in [1.82, 2.24) is 5.43 Å². The van der Waals surface area contributed by atoms with Gasteiger partial charge in [0, 0.05) is 5.69 Å². The Bertz CT molecular complexity index is 314. The molecule has 4 nitrogen and oxygen atoms in total. The van der Waals surface area contributed by atoms with Crippen LogP contribution in [0.2, 0.25) is 5.02 Å². The van der Waals surface area contributed by atoms with Crippen LogP contribution < -0.4 is 17.0 Å². The third kappa shape index (κ3) is 1.66. The molecule has 5 N–H and O–H groups in total. The predicted octanol–water partition coefficient (Wildman–Crippen LogP) is 0.526. The highest BCUT2D eigenvalue weighted by Gasteiger charge is 2.07. The maximum Gasteiger partial charge on any atom is 0.266 e. The van der Waals surface area contributed by atoms with Crippen LogP contribution in [-0.2, 0) is 0 Å². The molecule has 0 unspecified atom stereocenters. The fourth-order valence-corrected chi connectivity index (χ4v) is 1.07. The lowest BCUT2D eigenvalue weighted by Gasteiger charge is -2.02. The van der Waals surface area contributed by atoms with Crippen LogP contribution in [0, 0.1) is 0 Å². The van der Waals surface area contributed by atoms with Crippen molar-refractivity contribution in [3.63, 3.8) is 0 Å². The number of nitrogen functional groups attached to an aromatic ring is 2. The lowest BCUT2D eigenvalue weighted by Crippen LogP contribution is -2.30. The molecule has 0 bridgehead atoms. The molecule has 64 valence electrons. The predicted molar refractivity (Wildman–Crippen MR) is 47.5 cm³/mol. The monoisotopic (exact) mass is 185 g/mol. The molecule has 1 aromatic carbocycles. The number of benzene rings is 1. The minimum Gasteiger partial charge on any atom is -0.399 e. The summed E-state index contributed by atoms with van der Waals surface area (Å²) in [5, 5.41) is 0.290. The second-order valence-electron chi connectivity index (χ2n) is 2.21. The van der Waals surface area contributed by atoms with E-state index in [0.717, 1.165) is 0 Å². The highest BCUT2D eigenvalue weighted by Crippen LogP contribution is 2.18. The van der Waals surface area contributed by atoms with Crippen molar-refractivity contribution >= 4 is 23.2 Å². The SMILES string of the molecule is NNC(=O)c1ccc(N)cc1Cl. The summed E-state index contributed by atoms with van der Waals surface area (Å²) in [6.45, 7) is 0. The highest BCUT2D eigenvalue weighted by atomic mass is 35.5. The number of nitrogens with one attached hydrogen (secondary N) is 1. The topological polar surface area (TPSA) is 81.1 Å². The standard InChI is InChI=1S/C7H8ClN3O/c8-6-3-4(9)1-2-5(6)7(12)11-10/h1-3H,9-10H2,(H,11,12). The van der Waals surface area contributed by atoms with Crippen molar-refractivity contribution in [3.8, 4) is 0 Å². The van der Waals surface area contributed by atoms with Gasteiger partial charge in [0.05, 0.1) is 10.6 Å². The summed E-state index contributed by atoms with van der Waals surface area (Å²) in [7, 11) is 0. The quantitative estimate of drug-likeness (QED) is 0.258. The van der Waals surface area contributed by atoms with Crippen molar-refractivity contribution in [2.24, 2.45) is 5.84 Å². The van der Waals surface area contributed by atoms with E-state index in [0.29, 0.717) is 11.3 Å². The Morgan fingerprint density at radius 3 is 2.67 bits per heavy atom. The Balaban J connectivity index is 3.09. The first-order chi connectivity index (χ1) is 5.65. The van der Waals surface area contributed by atoms with E-state index in [1.54, 1.807) is 6.07 Å². The number of carbonyl (C=O) groups is 1. The fraction of sp³-hybridized carbons (Fsp3) is 0. The van der Waals surface area contributed by atoms with Crippen LogP contribution in [0.3, 0.4) is 0 Å². The molecule has 0 saturated carbocycles. The number of amides is 1. The second-order valence-corrected chi connectivity index (χ2v) is 2.62. The molecule has 0 spiro atoms. The first-order valence-corrected chi connectivity index (χ1v) is 3.59. The van der Waals surface area contributed by atoms with Crippen LogP contribution in [0.4, 0.5) is 5.69 Å². The van der Waals surface area contributed by atoms with Crippen LogP contribution in [0.15, 0.2) is 18.2 Å². The number of hydrazine groups is 1. The molecule has 5 heteroatoms. The smallest absolute Gasteiger partial charge is 0.266 e. The Labute approximate surface area is 74.5 Å². The number of halogens is 1. The van der Waals surface area contributed by atoms with Gasteiger partial charge in [-0.25, -0.2) is 5.84 Å². The number of carbonyl (C=O) groups excluding carboxylic acids is 1. The van der Waals surface area contributed by atoms with E-state index < -0.39 is 5.91 Å². The van der Waals surface area contributed by atoms with Gasteiger partial charge in [0.15, 0.2) is 0 Å². The van der Waals surface area contributed by atoms with E-state index in [9.17, 15) is 4.79 Å². The van der Waals surface area contributed by atoms with Crippen molar-refractivity contribution in [2.45, 2.75) is 0 Å². The molecule has 1 rings (SSSR count). The molecule has 0 radical (unpaired) electrons. The number of hydrogen-bond acceptors (Lipinski definition) is 3. The Morgan fingerprint density at radius 2 is 2.17 bits per heavy atom. The first kappa shape index (κ1) is 8.83. The molecular formula is C7H8ClN3O. The van der Waals surface area contributed by atoms with E-state index in [4.69, 9.17) is 23.2 Å². The third-order valence-corrected chi connectivity index (χ3v) is 1.68. The minimum absolute atomic E-state index is 0.290. The second kappa shape index (κ2) is 3.42.